The third kappa shape index (κ3) is 5.17. The van der Waals surface area contributed by atoms with Crippen molar-refractivity contribution in [1.82, 2.24) is 4.72 Å². The highest BCUT2D eigenvalue weighted by Crippen LogP contribution is 2.28. The van der Waals surface area contributed by atoms with E-state index in [4.69, 9.17) is 14.7 Å². The minimum atomic E-state index is -3.54. The molecule has 0 aliphatic carbocycles. The lowest BCUT2D eigenvalue weighted by Gasteiger charge is -2.08. The van der Waals surface area contributed by atoms with Gasteiger partial charge in [-0.25, -0.2) is 13.1 Å². The molecular weight excluding hydrogens is 368 g/mol. The summed E-state index contributed by atoms with van der Waals surface area (Å²) in [6.07, 6.45) is 2.99. The molecule has 0 radical (unpaired) electrons. The van der Waals surface area contributed by atoms with Crippen molar-refractivity contribution in [2.75, 3.05) is 20.8 Å². The van der Waals surface area contributed by atoms with Crippen LogP contribution in [0.2, 0.25) is 0 Å². The molecule has 0 aliphatic heterocycles. The Hall–Kier alpha value is -3.15. The number of benzene rings is 2. The smallest absolute Gasteiger partial charge is 0.240 e. The van der Waals surface area contributed by atoms with Crippen molar-refractivity contribution >= 4 is 21.9 Å². The molecule has 7 nitrogen and oxygen atoms in total. The molecule has 0 bridgehead atoms. The summed E-state index contributed by atoms with van der Waals surface area (Å²) in [5.74, 6) is 0.609. The van der Waals surface area contributed by atoms with E-state index in [9.17, 15) is 13.2 Å². The maximum Gasteiger partial charge on any atom is 0.240 e. The van der Waals surface area contributed by atoms with Gasteiger partial charge < -0.3 is 9.47 Å². The molecule has 0 unspecified atom stereocenters. The molecule has 140 valence electrons. The summed E-state index contributed by atoms with van der Waals surface area (Å²) in [5.41, 5.74) is 1.07. The van der Waals surface area contributed by atoms with Crippen molar-refractivity contribution in [2.24, 2.45) is 0 Å². The summed E-state index contributed by atoms with van der Waals surface area (Å²) >= 11 is 0. The molecule has 8 heteroatoms. The van der Waals surface area contributed by atoms with Gasteiger partial charge in [-0.3, -0.25) is 4.79 Å². The van der Waals surface area contributed by atoms with E-state index in [-0.39, 0.29) is 17.3 Å². The lowest BCUT2D eigenvalue weighted by Crippen LogP contribution is -2.18. The van der Waals surface area contributed by atoms with E-state index in [1.165, 1.54) is 44.5 Å². The van der Waals surface area contributed by atoms with Gasteiger partial charge in [0.25, 0.3) is 0 Å². The second-order valence-electron chi connectivity index (χ2n) is 5.29. The van der Waals surface area contributed by atoms with Crippen LogP contribution in [0.3, 0.4) is 0 Å². The van der Waals surface area contributed by atoms with Crippen LogP contribution in [0.4, 0.5) is 0 Å². The molecular formula is C19H18N2O5S. The fourth-order valence-corrected chi connectivity index (χ4v) is 2.93. The van der Waals surface area contributed by atoms with E-state index in [2.05, 4.69) is 4.72 Å². The van der Waals surface area contributed by atoms with Crippen molar-refractivity contribution in [3.63, 3.8) is 0 Å². The number of ketones is 1. The Balaban J connectivity index is 2.15. The molecule has 27 heavy (non-hydrogen) atoms. The van der Waals surface area contributed by atoms with Gasteiger partial charge >= 0.3 is 0 Å². The molecule has 0 aromatic heterocycles. The molecule has 0 saturated carbocycles. The number of hydrogen-bond acceptors (Lipinski definition) is 6. The second-order valence-corrected chi connectivity index (χ2v) is 7.17. The molecule has 2 rings (SSSR count). The SMILES string of the molecule is CNS(=O)(=O)c1ccc(C(=O)/C=C/c2ccc(OCC#N)c(OC)c2)cc1. The number of nitriles is 1. The number of carbonyl (C=O) groups excluding carboxylic acids is 1. The van der Waals surface area contributed by atoms with Gasteiger partial charge in [0.05, 0.1) is 12.0 Å². The molecule has 0 saturated heterocycles. The zero-order valence-corrected chi connectivity index (χ0v) is 15.6. The first kappa shape index (κ1) is 20.2. The van der Waals surface area contributed by atoms with Gasteiger partial charge in [-0.1, -0.05) is 12.1 Å². The molecule has 1 N–H and O–H groups in total. The van der Waals surface area contributed by atoms with E-state index in [1.807, 2.05) is 6.07 Å². The van der Waals surface area contributed by atoms with Crippen molar-refractivity contribution in [3.8, 4) is 17.6 Å². The predicted octanol–water partition coefficient (Wildman–Crippen LogP) is 2.40. The van der Waals surface area contributed by atoms with Crippen LogP contribution in [0.5, 0.6) is 11.5 Å². The largest absolute Gasteiger partial charge is 0.493 e. The minimum absolute atomic E-state index is 0.0863. The first-order valence-corrected chi connectivity index (χ1v) is 9.33. The van der Waals surface area contributed by atoms with E-state index in [0.29, 0.717) is 22.6 Å². The molecule has 2 aromatic carbocycles. The number of ether oxygens (including phenoxy) is 2. The van der Waals surface area contributed by atoms with Crippen molar-refractivity contribution < 1.29 is 22.7 Å². The van der Waals surface area contributed by atoms with Gasteiger partial charge in [-0.2, -0.15) is 5.26 Å². The highest BCUT2D eigenvalue weighted by Gasteiger charge is 2.12. The number of carbonyl (C=O) groups is 1. The number of nitrogens with one attached hydrogen (secondary N) is 1. The van der Waals surface area contributed by atoms with Gasteiger partial charge in [-0.15, -0.1) is 0 Å². The number of hydrogen-bond donors (Lipinski definition) is 1. The van der Waals surface area contributed by atoms with E-state index < -0.39 is 10.0 Å². The van der Waals surface area contributed by atoms with Gasteiger partial charge in [0.15, 0.2) is 23.9 Å². The van der Waals surface area contributed by atoms with Crippen molar-refractivity contribution in [3.05, 3.63) is 59.7 Å². The first-order chi connectivity index (χ1) is 12.9. The fraction of sp³-hybridized carbons (Fsp3) is 0.158. The number of rotatable bonds is 8. The number of methoxy groups -OCH3 is 1. The van der Waals surface area contributed by atoms with Crippen LogP contribution in [-0.4, -0.2) is 35.0 Å². The summed E-state index contributed by atoms with van der Waals surface area (Å²) in [7, 11) is -0.738. The second kappa shape index (κ2) is 8.98. The molecule has 2 aromatic rings. The minimum Gasteiger partial charge on any atom is -0.493 e. The van der Waals surface area contributed by atoms with Gasteiger partial charge in [0.2, 0.25) is 10.0 Å². The van der Waals surface area contributed by atoms with Crippen LogP contribution < -0.4 is 14.2 Å². The van der Waals surface area contributed by atoms with Crippen LogP contribution in [0.1, 0.15) is 15.9 Å². The maximum atomic E-state index is 12.3. The van der Waals surface area contributed by atoms with E-state index >= 15 is 0 Å². The Morgan fingerprint density at radius 2 is 1.89 bits per heavy atom. The molecule has 0 heterocycles. The van der Waals surface area contributed by atoms with E-state index in [0.717, 1.165) is 0 Å². The molecule has 0 spiro atoms. The Bertz CT molecular complexity index is 990. The molecule has 0 fully saturated rings. The standard InChI is InChI=1S/C19H18N2O5S/c1-21-27(23,24)16-7-5-15(6-8-16)17(22)9-3-14-4-10-18(26-12-11-20)19(13-14)25-2/h3-10,13,21H,12H2,1-2H3/b9-3+. The third-order valence-corrected chi connectivity index (χ3v) is 5.06. The van der Waals surface area contributed by atoms with Gasteiger partial charge in [-0.05, 0) is 55.1 Å². The van der Waals surface area contributed by atoms with Gasteiger partial charge in [0.1, 0.15) is 6.07 Å². The van der Waals surface area contributed by atoms with Gasteiger partial charge in [0, 0.05) is 5.56 Å². The Morgan fingerprint density at radius 3 is 2.48 bits per heavy atom. The topological polar surface area (TPSA) is 105 Å². The lowest BCUT2D eigenvalue weighted by molar-refractivity contribution is 0.104. The number of nitrogens with zero attached hydrogens (tertiary/aromatic N) is 1. The molecule has 0 atom stereocenters. The maximum absolute atomic E-state index is 12.3. The zero-order chi connectivity index (χ0) is 19.9. The Kier molecular flexibility index (Phi) is 6.71. The van der Waals surface area contributed by atoms with Crippen LogP contribution >= 0.6 is 0 Å². The third-order valence-electron chi connectivity index (χ3n) is 3.62. The number of sulfonamides is 1. The van der Waals surface area contributed by atoms with E-state index in [1.54, 1.807) is 24.3 Å². The summed E-state index contributed by atoms with van der Waals surface area (Å²) in [6.45, 7) is -0.0939. The monoisotopic (exact) mass is 386 g/mol. The highest BCUT2D eigenvalue weighted by atomic mass is 32.2. The van der Waals surface area contributed by atoms with Crippen LogP contribution in [0.25, 0.3) is 6.08 Å². The Labute approximate surface area is 157 Å². The first-order valence-electron chi connectivity index (χ1n) is 7.85. The summed E-state index contributed by atoms with van der Waals surface area (Å²) in [4.78, 5) is 12.4. The quantitative estimate of drug-likeness (QED) is 0.552. The van der Waals surface area contributed by atoms with Crippen molar-refractivity contribution in [2.45, 2.75) is 4.90 Å². The summed E-state index contributed by atoms with van der Waals surface area (Å²) < 4.78 is 36.1. The normalized spacial score (nSPS) is 11.1. The fourth-order valence-electron chi connectivity index (χ4n) is 2.20. The van der Waals surface area contributed by atoms with Crippen LogP contribution in [0.15, 0.2) is 53.4 Å². The average Bonchev–Trinajstić information content (AvgIpc) is 2.70. The zero-order valence-electron chi connectivity index (χ0n) is 14.8. The predicted molar refractivity (Wildman–Crippen MR) is 100 cm³/mol. The van der Waals surface area contributed by atoms with Crippen molar-refractivity contribution in [1.29, 1.82) is 5.26 Å². The average molecular weight is 386 g/mol. The van der Waals surface area contributed by atoms with Crippen LogP contribution in [-0.2, 0) is 10.0 Å². The Morgan fingerprint density at radius 1 is 1.19 bits per heavy atom. The van der Waals surface area contributed by atoms with Crippen LogP contribution in [0, 0.1) is 11.3 Å². The molecule has 0 amide bonds. The number of allylic oxidation sites excluding steroid dienone is 1. The molecule has 0 aliphatic rings. The lowest BCUT2D eigenvalue weighted by atomic mass is 10.1. The summed E-state index contributed by atoms with van der Waals surface area (Å²) in [5, 5.41) is 8.57. The highest BCUT2D eigenvalue weighted by molar-refractivity contribution is 7.89. The summed E-state index contributed by atoms with van der Waals surface area (Å²) in [6, 6.07) is 12.6.